The molecule has 1 aromatic heterocycles. The van der Waals surface area contributed by atoms with Crippen LogP contribution in [0.15, 0.2) is 24.3 Å². The Hall–Kier alpha value is -2.37. The van der Waals surface area contributed by atoms with E-state index in [2.05, 4.69) is 15.3 Å². The molecule has 1 aliphatic rings. The number of aromatic amines is 1. The molecule has 0 saturated carbocycles. The Labute approximate surface area is 134 Å². The van der Waals surface area contributed by atoms with Crippen LogP contribution >= 0.6 is 0 Å². The van der Waals surface area contributed by atoms with E-state index in [9.17, 15) is 9.18 Å². The van der Waals surface area contributed by atoms with Gasteiger partial charge in [-0.05, 0) is 25.5 Å². The molecule has 0 radical (unpaired) electrons. The lowest BCUT2D eigenvalue weighted by Gasteiger charge is -2.27. The van der Waals surface area contributed by atoms with E-state index in [0.717, 1.165) is 23.4 Å². The largest absolute Gasteiger partial charge is 0.340 e. The van der Waals surface area contributed by atoms with Crippen molar-refractivity contribution in [2.24, 2.45) is 0 Å². The fourth-order valence-corrected chi connectivity index (χ4v) is 2.64. The molecule has 0 aliphatic carbocycles. The molecule has 5 nitrogen and oxygen atoms in total. The number of urea groups is 1. The monoisotopic (exact) mass is 316 g/mol. The minimum absolute atomic E-state index is 0.0492. The first-order valence-corrected chi connectivity index (χ1v) is 7.96. The van der Waals surface area contributed by atoms with Gasteiger partial charge in [0.25, 0.3) is 0 Å². The van der Waals surface area contributed by atoms with Crippen LogP contribution in [0.3, 0.4) is 0 Å². The summed E-state index contributed by atoms with van der Waals surface area (Å²) in [5.74, 6) is 0.366. The summed E-state index contributed by atoms with van der Waals surface area (Å²) in [6.07, 6.45) is 1.60. The van der Waals surface area contributed by atoms with E-state index in [0.29, 0.717) is 25.3 Å². The van der Waals surface area contributed by atoms with Crippen molar-refractivity contribution < 1.29 is 9.18 Å². The number of fused-ring (bicyclic) bond motifs is 1. The lowest BCUT2D eigenvalue weighted by Crippen LogP contribution is -2.45. The zero-order chi connectivity index (χ0) is 16.4. The van der Waals surface area contributed by atoms with Gasteiger partial charge in [-0.1, -0.05) is 19.1 Å². The fraction of sp³-hybridized carbons (Fsp3) is 0.412. The maximum Gasteiger partial charge on any atom is 0.317 e. The van der Waals surface area contributed by atoms with Gasteiger partial charge in [0.2, 0.25) is 0 Å². The Kier molecular flexibility index (Phi) is 4.32. The van der Waals surface area contributed by atoms with Gasteiger partial charge in [0, 0.05) is 24.6 Å². The molecule has 1 unspecified atom stereocenters. The van der Waals surface area contributed by atoms with Gasteiger partial charge in [0.05, 0.1) is 17.9 Å². The smallest absolute Gasteiger partial charge is 0.317 e. The number of imidazole rings is 1. The first-order valence-electron chi connectivity index (χ1n) is 7.96. The molecule has 0 fully saturated rings. The Morgan fingerprint density at radius 3 is 3.09 bits per heavy atom. The number of rotatable bonds is 3. The van der Waals surface area contributed by atoms with Crippen LogP contribution in [0.4, 0.5) is 9.18 Å². The quantitative estimate of drug-likeness (QED) is 0.914. The first kappa shape index (κ1) is 15.5. The van der Waals surface area contributed by atoms with E-state index in [4.69, 9.17) is 0 Å². The van der Waals surface area contributed by atoms with Gasteiger partial charge >= 0.3 is 6.03 Å². The highest BCUT2D eigenvalue weighted by atomic mass is 19.1. The van der Waals surface area contributed by atoms with E-state index < -0.39 is 0 Å². The lowest BCUT2D eigenvalue weighted by molar-refractivity contribution is 0.188. The Morgan fingerprint density at radius 2 is 2.35 bits per heavy atom. The van der Waals surface area contributed by atoms with Gasteiger partial charge in [0.15, 0.2) is 0 Å². The molecule has 0 bridgehead atoms. The number of carbonyl (C=O) groups is 1. The number of nitrogens with zero attached hydrogens (tertiary/aromatic N) is 2. The van der Waals surface area contributed by atoms with Crippen LogP contribution in [-0.2, 0) is 13.0 Å². The number of hydrogen-bond acceptors (Lipinski definition) is 2. The molecule has 1 atom stereocenters. The molecule has 122 valence electrons. The molecule has 3 rings (SSSR count). The molecule has 2 aromatic rings. The second kappa shape index (κ2) is 6.40. The van der Waals surface area contributed by atoms with Crippen LogP contribution in [-0.4, -0.2) is 33.5 Å². The molecule has 1 aromatic carbocycles. The molecular weight excluding hydrogens is 295 g/mol. The third-order valence-electron chi connectivity index (χ3n) is 4.20. The van der Waals surface area contributed by atoms with Gasteiger partial charge < -0.3 is 15.2 Å². The third-order valence-corrected chi connectivity index (χ3v) is 4.20. The van der Waals surface area contributed by atoms with Crippen LogP contribution in [0.1, 0.15) is 31.7 Å². The number of nitrogens with one attached hydrogen (secondary N) is 2. The molecule has 6 heteroatoms. The summed E-state index contributed by atoms with van der Waals surface area (Å²) in [6.45, 7) is 5.17. The highest BCUT2D eigenvalue weighted by molar-refractivity contribution is 5.74. The summed E-state index contributed by atoms with van der Waals surface area (Å²) in [4.78, 5) is 21.8. The van der Waals surface area contributed by atoms with Crippen molar-refractivity contribution in [2.45, 2.75) is 39.3 Å². The average Bonchev–Trinajstić information content (AvgIpc) is 2.97. The van der Waals surface area contributed by atoms with Crippen molar-refractivity contribution in [1.29, 1.82) is 0 Å². The zero-order valence-electron chi connectivity index (χ0n) is 13.4. The van der Waals surface area contributed by atoms with Crippen molar-refractivity contribution in [1.82, 2.24) is 20.2 Å². The molecule has 2 N–H and O–H groups in total. The van der Waals surface area contributed by atoms with Gasteiger partial charge in [-0.25, -0.2) is 14.2 Å². The van der Waals surface area contributed by atoms with Gasteiger partial charge in [-0.2, -0.15) is 0 Å². The summed E-state index contributed by atoms with van der Waals surface area (Å²) in [5.41, 5.74) is 2.60. The molecule has 23 heavy (non-hydrogen) atoms. The van der Waals surface area contributed by atoms with E-state index in [1.165, 1.54) is 12.1 Å². The van der Waals surface area contributed by atoms with Crippen molar-refractivity contribution >= 4 is 6.03 Å². The van der Waals surface area contributed by atoms with Crippen LogP contribution in [0, 0.1) is 5.82 Å². The zero-order valence-corrected chi connectivity index (χ0v) is 13.4. The SMILES string of the molecule is CCC(C)NC(=O)N1CCc2nc(-c3cccc(F)c3)[nH]c2C1. The number of amides is 2. The fourth-order valence-electron chi connectivity index (χ4n) is 2.64. The van der Waals surface area contributed by atoms with Crippen molar-refractivity contribution in [3.63, 3.8) is 0 Å². The van der Waals surface area contributed by atoms with Crippen molar-refractivity contribution in [2.75, 3.05) is 6.54 Å². The standard InChI is InChI=1S/C17H21FN4O/c1-3-11(2)19-17(23)22-8-7-14-15(10-22)21-16(20-14)12-5-4-6-13(18)9-12/h4-6,9,11H,3,7-8,10H2,1-2H3,(H,19,23)(H,20,21). The second-order valence-electron chi connectivity index (χ2n) is 5.95. The Balaban J connectivity index is 1.76. The third kappa shape index (κ3) is 3.36. The maximum atomic E-state index is 13.4. The highest BCUT2D eigenvalue weighted by Crippen LogP contribution is 2.23. The molecule has 0 spiro atoms. The number of carbonyl (C=O) groups excluding carboxylic acids is 1. The lowest BCUT2D eigenvalue weighted by atomic mass is 10.1. The molecular formula is C17H21FN4O. The van der Waals surface area contributed by atoms with Crippen LogP contribution in [0.5, 0.6) is 0 Å². The van der Waals surface area contributed by atoms with Crippen LogP contribution in [0.25, 0.3) is 11.4 Å². The van der Waals surface area contributed by atoms with Gasteiger partial charge in [-0.3, -0.25) is 0 Å². The topological polar surface area (TPSA) is 61.0 Å². The van der Waals surface area contributed by atoms with Crippen molar-refractivity contribution in [3.05, 3.63) is 41.5 Å². The number of halogens is 1. The van der Waals surface area contributed by atoms with E-state index in [1.807, 2.05) is 19.9 Å². The van der Waals surface area contributed by atoms with E-state index in [-0.39, 0.29) is 17.9 Å². The van der Waals surface area contributed by atoms with E-state index >= 15 is 0 Å². The molecule has 2 amide bonds. The second-order valence-corrected chi connectivity index (χ2v) is 5.95. The number of hydrogen-bond donors (Lipinski definition) is 2. The predicted molar refractivity (Wildman–Crippen MR) is 86.4 cm³/mol. The summed E-state index contributed by atoms with van der Waals surface area (Å²) in [6, 6.07) is 6.46. The van der Waals surface area contributed by atoms with Crippen LogP contribution < -0.4 is 5.32 Å². The normalized spacial score (nSPS) is 15.2. The predicted octanol–water partition coefficient (Wildman–Crippen LogP) is 3.08. The van der Waals surface area contributed by atoms with Gasteiger partial charge in [-0.15, -0.1) is 0 Å². The summed E-state index contributed by atoms with van der Waals surface area (Å²) < 4.78 is 13.4. The number of H-pyrrole nitrogens is 1. The van der Waals surface area contributed by atoms with E-state index in [1.54, 1.807) is 11.0 Å². The summed E-state index contributed by atoms with van der Waals surface area (Å²) >= 11 is 0. The Bertz CT molecular complexity index is 712. The van der Waals surface area contributed by atoms with Crippen molar-refractivity contribution in [3.8, 4) is 11.4 Å². The average molecular weight is 316 g/mol. The number of aromatic nitrogens is 2. The maximum absolute atomic E-state index is 13.4. The van der Waals surface area contributed by atoms with Gasteiger partial charge in [0.1, 0.15) is 11.6 Å². The highest BCUT2D eigenvalue weighted by Gasteiger charge is 2.24. The summed E-state index contributed by atoms with van der Waals surface area (Å²) in [5, 5.41) is 2.98. The summed E-state index contributed by atoms with van der Waals surface area (Å²) in [7, 11) is 0. The van der Waals surface area contributed by atoms with Crippen LogP contribution in [0.2, 0.25) is 0 Å². The Morgan fingerprint density at radius 1 is 1.52 bits per heavy atom. The first-order chi connectivity index (χ1) is 11.1. The minimum atomic E-state index is -0.286. The minimum Gasteiger partial charge on any atom is -0.340 e. The molecule has 2 heterocycles. The molecule has 1 aliphatic heterocycles. The molecule has 0 saturated heterocycles. The number of benzene rings is 1.